The van der Waals surface area contributed by atoms with E-state index in [1.807, 2.05) is 19.1 Å². The van der Waals surface area contributed by atoms with Crippen LogP contribution < -0.4 is 5.32 Å². The maximum Gasteiger partial charge on any atom is 0.328 e. The van der Waals surface area contributed by atoms with Crippen LogP contribution in [0.4, 0.5) is 0 Å². The maximum atomic E-state index is 12.5. The standard InChI is InChI=1S/C19H22N2O4/c1-4-6-8-16(19(23)24-5-2)21-18(22)14-10-11-15(20-13(14)3)17-9-7-12-25-17/h4,6-7,9-12,16H,5,8H2,1-3H3,(H,21,22)/b6-4+. The zero-order valence-electron chi connectivity index (χ0n) is 14.6. The van der Waals surface area contributed by atoms with E-state index in [1.165, 1.54) is 0 Å². The predicted molar refractivity (Wildman–Crippen MR) is 94.0 cm³/mol. The summed E-state index contributed by atoms with van der Waals surface area (Å²) >= 11 is 0. The van der Waals surface area contributed by atoms with Crippen molar-refractivity contribution in [1.29, 1.82) is 0 Å². The number of hydrogen-bond acceptors (Lipinski definition) is 5. The van der Waals surface area contributed by atoms with Crippen LogP contribution >= 0.6 is 0 Å². The third-order valence-electron chi connectivity index (χ3n) is 3.59. The van der Waals surface area contributed by atoms with E-state index in [1.54, 1.807) is 44.4 Å². The summed E-state index contributed by atoms with van der Waals surface area (Å²) in [5.74, 6) is -0.183. The number of nitrogens with one attached hydrogen (secondary N) is 1. The average Bonchev–Trinajstić information content (AvgIpc) is 3.13. The van der Waals surface area contributed by atoms with E-state index in [0.717, 1.165) is 0 Å². The molecule has 0 aliphatic carbocycles. The molecule has 1 atom stereocenters. The number of pyridine rings is 1. The first-order valence-corrected chi connectivity index (χ1v) is 8.17. The molecule has 0 aromatic carbocycles. The van der Waals surface area contributed by atoms with Crippen LogP contribution in [0.5, 0.6) is 0 Å². The van der Waals surface area contributed by atoms with E-state index in [4.69, 9.17) is 9.15 Å². The molecule has 2 rings (SSSR count). The van der Waals surface area contributed by atoms with Gasteiger partial charge in [0.2, 0.25) is 0 Å². The summed E-state index contributed by atoms with van der Waals surface area (Å²) in [7, 11) is 0. The smallest absolute Gasteiger partial charge is 0.328 e. The highest BCUT2D eigenvalue weighted by atomic mass is 16.5. The van der Waals surface area contributed by atoms with Crippen molar-refractivity contribution >= 4 is 11.9 Å². The zero-order valence-corrected chi connectivity index (χ0v) is 14.6. The van der Waals surface area contributed by atoms with Gasteiger partial charge >= 0.3 is 5.97 Å². The number of allylic oxidation sites excluding steroid dienone is 1. The van der Waals surface area contributed by atoms with Gasteiger partial charge < -0.3 is 14.5 Å². The molecule has 1 N–H and O–H groups in total. The molecule has 2 aromatic rings. The number of furan rings is 1. The Morgan fingerprint density at radius 1 is 1.36 bits per heavy atom. The summed E-state index contributed by atoms with van der Waals surface area (Å²) < 4.78 is 10.3. The molecule has 0 fully saturated rings. The van der Waals surface area contributed by atoms with Gasteiger partial charge in [0.15, 0.2) is 5.76 Å². The van der Waals surface area contributed by atoms with E-state index in [2.05, 4.69) is 10.3 Å². The van der Waals surface area contributed by atoms with Gasteiger partial charge in [-0.25, -0.2) is 9.78 Å². The number of aromatic nitrogens is 1. The third-order valence-corrected chi connectivity index (χ3v) is 3.59. The minimum Gasteiger partial charge on any atom is -0.464 e. The molecular weight excluding hydrogens is 320 g/mol. The Balaban J connectivity index is 2.16. The number of nitrogens with zero attached hydrogens (tertiary/aromatic N) is 1. The van der Waals surface area contributed by atoms with Gasteiger partial charge in [0.05, 0.1) is 24.1 Å². The molecule has 2 heterocycles. The normalized spacial score (nSPS) is 12.1. The van der Waals surface area contributed by atoms with E-state index < -0.39 is 12.0 Å². The lowest BCUT2D eigenvalue weighted by molar-refractivity contribution is -0.145. The molecule has 25 heavy (non-hydrogen) atoms. The van der Waals surface area contributed by atoms with E-state index in [9.17, 15) is 9.59 Å². The molecular formula is C19H22N2O4. The second-order valence-electron chi connectivity index (χ2n) is 5.39. The number of rotatable bonds is 7. The average molecular weight is 342 g/mol. The van der Waals surface area contributed by atoms with Crippen LogP contribution in [0.1, 0.15) is 36.3 Å². The van der Waals surface area contributed by atoms with Gasteiger partial charge in [-0.05, 0) is 51.5 Å². The van der Waals surface area contributed by atoms with Crippen molar-refractivity contribution in [3.63, 3.8) is 0 Å². The lowest BCUT2D eigenvalue weighted by Gasteiger charge is -2.16. The Labute approximate surface area is 146 Å². The third kappa shape index (κ3) is 4.79. The van der Waals surface area contributed by atoms with E-state index in [-0.39, 0.29) is 12.5 Å². The van der Waals surface area contributed by atoms with Crippen molar-refractivity contribution in [3.05, 3.63) is 53.9 Å². The molecule has 2 aromatic heterocycles. The number of ether oxygens (including phenoxy) is 1. The minimum absolute atomic E-state index is 0.263. The summed E-state index contributed by atoms with van der Waals surface area (Å²) in [6, 6.07) is 6.24. The maximum absolute atomic E-state index is 12.5. The molecule has 0 aliphatic rings. The fraction of sp³-hybridized carbons (Fsp3) is 0.316. The van der Waals surface area contributed by atoms with Crippen LogP contribution in [0, 0.1) is 6.92 Å². The Morgan fingerprint density at radius 3 is 2.76 bits per heavy atom. The second kappa shape index (κ2) is 8.82. The van der Waals surface area contributed by atoms with Gasteiger partial charge in [-0.1, -0.05) is 12.2 Å². The molecule has 0 saturated heterocycles. The van der Waals surface area contributed by atoms with Crippen molar-refractivity contribution in [1.82, 2.24) is 10.3 Å². The molecule has 0 radical (unpaired) electrons. The Hall–Kier alpha value is -2.89. The summed E-state index contributed by atoms with van der Waals surface area (Å²) in [6.07, 6.45) is 5.58. The number of aryl methyl sites for hydroxylation is 1. The lowest BCUT2D eigenvalue weighted by atomic mass is 10.1. The topological polar surface area (TPSA) is 81.4 Å². The Kier molecular flexibility index (Phi) is 6.51. The van der Waals surface area contributed by atoms with Crippen LogP contribution in [0.2, 0.25) is 0 Å². The van der Waals surface area contributed by atoms with E-state index >= 15 is 0 Å². The molecule has 0 spiro atoms. The van der Waals surface area contributed by atoms with Crippen LogP contribution in [0.3, 0.4) is 0 Å². The SMILES string of the molecule is C/C=C/CC(NC(=O)c1ccc(-c2ccco2)nc1C)C(=O)OCC. The quantitative estimate of drug-likeness (QED) is 0.617. The number of esters is 1. The van der Waals surface area contributed by atoms with Gasteiger partial charge in [-0.3, -0.25) is 4.79 Å². The fourth-order valence-electron chi connectivity index (χ4n) is 2.33. The molecule has 1 amide bonds. The van der Waals surface area contributed by atoms with Crippen LogP contribution in [0.15, 0.2) is 47.1 Å². The fourth-order valence-corrected chi connectivity index (χ4v) is 2.33. The van der Waals surface area contributed by atoms with Gasteiger partial charge in [0.25, 0.3) is 5.91 Å². The first-order valence-electron chi connectivity index (χ1n) is 8.17. The van der Waals surface area contributed by atoms with Gasteiger partial charge in [0, 0.05) is 0 Å². The van der Waals surface area contributed by atoms with E-state index in [0.29, 0.717) is 29.1 Å². The molecule has 6 heteroatoms. The number of hydrogen-bond donors (Lipinski definition) is 1. The second-order valence-corrected chi connectivity index (χ2v) is 5.39. The highest BCUT2D eigenvalue weighted by Crippen LogP contribution is 2.19. The zero-order chi connectivity index (χ0) is 18.2. The summed E-state index contributed by atoms with van der Waals surface area (Å²) in [5, 5.41) is 2.72. The van der Waals surface area contributed by atoms with Crippen molar-refractivity contribution in [2.24, 2.45) is 0 Å². The molecule has 1 unspecified atom stereocenters. The largest absolute Gasteiger partial charge is 0.464 e. The molecule has 0 aliphatic heterocycles. The first-order chi connectivity index (χ1) is 12.1. The summed E-state index contributed by atoms with van der Waals surface area (Å²) in [4.78, 5) is 29.0. The van der Waals surface area contributed by atoms with Gasteiger partial charge in [0.1, 0.15) is 11.7 Å². The monoisotopic (exact) mass is 342 g/mol. The lowest BCUT2D eigenvalue weighted by Crippen LogP contribution is -2.41. The first kappa shape index (κ1) is 18.4. The van der Waals surface area contributed by atoms with Crippen LogP contribution in [-0.2, 0) is 9.53 Å². The molecule has 6 nitrogen and oxygen atoms in total. The Bertz CT molecular complexity index is 751. The highest BCUT2D eigenvalue weighted by Gasteiger charge is 2.22. The number of carbonyl (C=O) groups excluding carboxylic acids is 2. The van der Waals surface area contributed by atoms with Gasteiger partial charge in [-0.2, -0.15) is 0 Å². The van der Waals surface area contributed by atoms with Crippen molar-refractivity contribution in [2.75, 3.05) is 6.61 Å². The van der Waals surface area contributed by atoms with Crippen LogP contribution in [0.25, 0.3) is 11.5 Å². The van der Waals surface area contributed by atoms with Crippen LogP contribution in [-0.4, -0.2) is 29.5 Å². The summed E-state index contributed by atoms with van der Waals surface area (Å²) in [5.41, 5.74) is 1.61. The minimum atomic E-state index is -0.729. The number of amides is 1. The molecule has 0 bridgehead atoms. The van der Waals surface area contributed by atoms with Gasteiger partial charge in [-0.15, -0.1) is 0 Å². The Morgan fingerprint density at radius 2 is 2.16 bits per heavy atom. The molecule has 0 saturated carbocycles. The predicted octanol–water partition coefficient (Wildman–Crippen LogP) is 3.28. The van der Waals surface area contributed by atoms with Crippen molar-refractivity contribution < 1.29 is 18.7 Å². The molecule has 132 valence electrons. The highest BCUT2D eigenvalue weighted by molar-refractivity contribution is 5.97. The van der Waals surface area contributed by atoms with Crippen molar-refractivity contribution in [2.45, 2.75) is 33.2 Å². The number of carbonyl (C=O) groups is 2. The summed E-state index contributed by atoms with van der Waals surface area (Å²) in [6.45, 7) is 5.59. The van der Waals surface area contributed by atoms with Crippen molar-refractivity contribution in [3.8, 4) is 11.5 Å².